The van der Waals surface area contributed by atoms with Crippen molar-refractivity contribution in [2.45, 2.75) is 25.4 Å². The van der Waals surface area contributed by atoms with Gasteiger partial charge in [-0.15, -0.1) is 0 Å². The molecule has 0 aromatic carbocycles. The van der Waals surface area contributed by atoms with Crippen molar-refractivity contribution in [1.82, 2.24) is 58.2 Å². The van der Waals surface area contributed by atoms with Gasteiger partial charge in [0.25, 0.3) is 41.4 Å². The fourth-order valence-electron chi connectivity index (χ4n) is 7.37. The van der Waals surface area contributed by atoms with E-state index in [0.717, 1.165) is 13.0 Å². The highest BCUT2D eigenvalue weighted by Crippen LogP contribution is 2.21. The molecule has 26 heteroatoms. The van der Waals surface area contributed by atoms with Crippen molar-refractivity contribution in [3.8, 4) is 0 Å². The molecule has 0 spiro atoms. The third-order valence-electron chi connectivity index (χ3n) is 11.1. The van der Waals surface area contributed by atoms with Gasteiger partial charge in [0.2, 0.25) is 11.7 Å². The molecule has 0 fully saturated rings. The summed E-state index contributed by atoms with van der Waals surface area (Å²) in [5, 5.41) is 32.2. The Morgan fingerprint density at radius 1 is 0.542 bits per heavy atom. The average Bonchev–Trinajstić information content (AvgIpc) is 4.18. The molecule has 72 heavy (non-hydrogen) atoms. The standard InChI is InChI=1S/C46H59N17O9/c1-57(2)16-9-12-47-37(65)11-14-50-41(67)31-18-27(22-59(31)4)51-42(68)33-20-28(23-61(33)6)52-43(69)34-21-29(24-62(34)7)53-44(70)35(64)10-13-49-40(66)32-19-30(25-60(32)5)54-46(72)39-55-36(26-63(39)8)56-45(71)38-48-15-17-58(38)3/h15,17-26,35,64H,9-14,16H2,1-8H3,(H,47,65)(H,49,66)(H,50,67)(H,51,68)(H,52,69)(H,53,70)(H,54,72)(H,56,71)/t35-/m0/s1. The van der Waals surface area contributed by atoms with Crippen molar-refractivity contribution in [3.05, 3.63) is 102 Å². The van der Waals surface area contributed by atoms with Crippen molar-refractivity contribution in [3.63, 3.8) is 0 Å². The van der Waals surface area contributed by atoms with Gasteiger partial charge in [-0.3, -0.25) is 38.4 Å². The van der Waals surface area contributed by atoms with Gasteiger partial charge >= 0.3 is 0 Å². The van der Waals surface area contributed by atoms with Crippen molar-refractivity contribution in [1.29, 1.82) is 0 Å². The Morgan fingerprint density at radius 2 is 1.01 bits per heavy atom. The third-order valence-corrected chi connectivity index (χ3v) is 11.1. The second-order valence-electron chi connectivity index (χ2n) is 17.2. The topological polar surface area (TPSA) is 312 Å². The van der Waals surface area contributed by atoms with Crippen molar-refractivity contribution >= 4 is 75.8 Å². The highest BCUT2D eigenvalue weighted by Gasteiger charge is 2.23. The molecule has 6 aromatic rings. The van der Waals surface area contributed by atoms with Gasteiger partial charge in [-0.1, -0.05) is 0 Å². The molecule has 0 aliphatic rings. The first-order chi connectivity index (χ1) is 34.2. The number of imidazole rings is 2. The van der Waals surface area contributed by atoms with Gasteiger partial charge in [-0.05, 0) is 57.7 Å². The van der Waals surface area contributed by atoms with Crippen molar-refractivity contribution < 1.29 is 43.5 Å². The predicted molar refractivity (Wildman–Crippen MR) is 265 cm³/mol. The van der Waals surface area contributed by atoms with Crippen molar-refractivity contribution in [2.75, 3.05) is 66.9 Å². The first kappa shape index (κ1) is 52.6. The minimum absolute atomic E-state index is 0.0134. The van der Waals surface area contributed by atoms with Crippen LogP contribution in [0.4, 0.5) is 28.6 Å². The lowest BCUT2D eigenvalue weighted by Crippen LogP contribution is -2.33. The summed E-state index contributed by atoms with van der Waals surface area (Å²) in [6.07, 6.45) is 9.90. The molecular weight excluding hydrogens is 935 g/mol. The van der Waals surface area contributed by atoms with Crippen LogP contribution >= 0.6 is 0 Å². The summed E-state index contributed by atoms with van der Waals surface area (Å²) in [6.45, 7) is 1.43. The number of nitrogens with one attached hydrogen (secondary N) is 8. The lowest BCUT2D eigenvalue weighted by atomic mass is 10.2. The van der Waals surface area contributed by atoms with E-state index in [1.807, 2.05) is 19.0 Å². The van der Waals surface area contributed by atoms with E-state index in [4.69, 9.17) is 0 Å². The van der Waals surface area contributed by atoms with Gasteiger partial charge in [-0.25, -0.2) is 9.97 Å². The van der Waals surface area contributed by atoms with Crippen LogP contribution in [-0.4, -0.2) is 141 Å². The highest BCUT2D eigenvalue weighted by molar-refractivity contribution is 6.08. The fraction of sp³-hybridized carbons (Fsp3) is 0.348. The molecule has 0 aliphatic carbocycles. The summed E-state index contributed by atoms with van der Waals surface area (Å²) in [5.41, 5.74) is 1.92. The predicted octanol–water partition coefficient (Wildman–Crippen LogP) is 0.824. The highest BCUT2D eigenvalue weighted by atomic mass is 16.3. The SMILES string of the molecule is CN(C)CCCNC(=O)CCNC(=O)c1cc(NC(=O)c2cc(NC(=O)c3cc(NC(=O)[C@@H](O)CCNC(=O)c4cc(NC(=O)c5nc(NC(=O)c6nccn6C)cn5C)cn4C)cn3C)cn2C)cn1C. The maximum Gasteiger partial charge on any atom is 0.292 e. The second kappa shape index (κ2) is 23.2. The number of aromatic nitrogens is 8. The number of nitrogens with zero attached hydrogens (tertiary/aromatic N) is 9. The number of hydrogen-bond donors (Lipinski definition) is 9. The zero-order valence-electron chi connectivity index (χ0n) is 41.1. The number of hydrogen-bond acceptors (Lipinski definition) is 12. The van der Waals surface area contributed by atoms with E-state index in [9.17, 15) is 43.5 Å². The van der Waals surface area contributed by atoms with Crippen LogP contribution in [0.1, 0.15) is 82.5 Å². The van der Waals surface area contributed by atoms with Crippen LogP contribution in [0.25, 0.3) is 0 Å². The monoisotopic (exact) mass is 993 g/mol. The lowest BCUT2D eigenvalue weighted by molar-refractivity contribution is -0.124. The van der Waals surface area contributed by atoms with Gasteiger partial charge in [0.15, 0.2) is 11.6 Å². The van der Waals surface area contributed by atoms with Crippen molar-refractivity contribution in [2.24, 2.45) is 42.3 Å². The van der Waals surface area contributed by atoms with E-state index >= 15 is 0 Å². The Bertz CT molecular complexity index is 3000. The van der Waals surface area contributed by atoms with Gasteiger partial charge in [0.1, 0.15) is 28.9 Å². The molecule has 0 unspecified atom stereocenters. The second-order valence-corrected chi connectivity index (χ2v) is 17.2. The van der Waals surface area contributed by atoms with E-state index in [2.05, 4.69) is 52.5 Å². The van der Waals surface area contributed by atoms with Crippen LogP contribution < -0.4 is 42.5 Å². The van der Waals surface area contributed by atoms with E-state index in [-0.39, 0.29) is 83.5 Å². The molecule has 6 aromatic heterocycles. The molecule has 0 bridgehead atoms. The molecule has 0 radical (unpaired) electrons. The Balaban J connectivity index is 0.932. The Labute approximate surface area is 413 Å². The summed E-state index contributed by atoms with van der Waals surface area (Å²) < 4.78 is 8.98. The first-order valence-electron chi connectivity index (χ1n) is 22.6. The molecule has 1 atom stereocenters. The Hall–Kier alpha value is -8.78. The number of aliphatic hydroxyl groups excluding tert-OH is 1. The third kappa shape index (κ3) is 13.5. The number of carbonyl (C=O) groups excluding carboxylic acids is 8. The van der Waals surface area contributed by atoms with Gasteiger partial charge in [0, 0.05) is 112 Å². The summed E-state index contributed by atoms with van der Waals surface area (Å²) in [7, 11) is 13.6. The van der Waals surface area contributed by atoms with Crippen LogP contribution in [0, 0.1) is 0 Å². The smallest absolute Gasteiger partial charge is 0.292 e. The number of carbonyl (C=O) groups is 8. The quantitative estimate of drug-likeness (QED) is 0.0428. The minimum atomic E-state index is -1.54. The maximum absolute atomic E-state index is 13.4. The zero-order valence-corrected chi connectivity index (χ0v) is 41.1. The molecular formula is C46H59N17O9. The van der Waals surface area contributed by atoms with E-state index in [0.29, 0.717) is 17.9 Å². The van der Waals surface area contributed by atoms with Crippen LogP contribution in [0.2, 0.25) is 0 Å². The van der Waals surface area contributed by atoms with Gasteiger partial charge in [0.05, 0.1) is 22.7 Å². The van der Waals surface area contributed by atoms with Gasteiger partial charge in [-0.2, -0.15) is 0 Å². The molecule has 26 nitrogen and oxygen atoms in total. The largest absolute Gasteiger partial charge is 0.383 e. The average molecular weight is 994 g/mol. The van der Waals surface area contributed by atoms with E-state index in [1.165, 1.54) is 71.9 Å². The number of anilines is 5. The number of rotatable bonds is 22. The molecule has 6 heterocycles. The number of aliphatic hydroxyl groups is 1. The van der Waals surface area contributed by atoms with Gasteiger partial charge < -0.3 is 79.9 Å². The summed E-state index contributed by atoms with van der Waals surface area (Å²) in [6, 6.07) is 5.83. The van der Waals surface area contributed by atoms with E-state index < -0.39 is 47.5 Å². The van der Waals surface area contributed by atoms with Crippen LogP contribution in [0.15, 0.2) is 67.6 Å². The van der Waals surface area contributed by atoms with Crippen LogP contribution in [-0.2, 0) is 51.9 Å². The molecule has 8 amide bonds. The summed E-state index contributed by atoms with van der Waals surface area (Å²) in [5.74, 6) is -3.81. The first-order valence-corrected chi connectivity index (χ1v) is 22.6. The fourth-order valence-corrected chi connectivity index (χ4v) is 7.37. The molecule has 382 valence electrons. The summed E-state index contributed by atoms with van der Waals surface area (Å²) >= 11 is 0. The molecule has 6 rings (SSSR count). The lowest BCUT2D eigenvalue weighted by Gasteiger charge is -2.11. The zero-order chi connectivity index (χ0) is 52.4. The number of amides is 8. The maximum atomic E-state index is 13.4. The van der Waals surface area contributed by atoms with E-state index in [1.54, 1.807) is 65.4 Å². The summed E-state index contributed by atoms with van der Waals surface area (Å²) in [4.78, 5) is 113. The Kier molecular flexibility index (Phi) is 17.0. The number of aryl methyl sites for hydroxylation is 6. The van der Waals surface area contributed by atoms with Crippen LogP contribution in [0.5, 0.6) is 0 Å². The minimum Gasteiger partial charge on any atom is -0.383 e. The molecule has 0 saturated carbocycles. The van der Waals surface area contributed by atoms with Crippen LogP contribution in [0.3, 0.4) is 0 Å². The molecule has 0 saturated heterocycles. The Morgan fingerprint density at radius 3 is 1.51 bits per heavy atom. The molecule has 9 N–H and O–H groups in total. The normalized spacial score (nSPS) is 11.5. The molecule has 0 aliphatic heterocycles.